The second-order valence-electron chi connectivity index (χ2n) is 6.87. The van der Waals surface area contributed by atoms with E-state index in [0.29, 0.717) is 17.9 Å². The summed E-state index contributed by atoms with van der Waals surface area (Å²) in [6, 6.07) is 7.58. The van der Waals surface area contributed by atoms with E-state index in [1.54, 1.807) is 41.6 Å². The molecule has 0 radical (unpaired) electrons. The largest absolute Gasteiger partial charge is 0.388 e. The van der Waals surface area contributed by atoms with E-state index in [9.17, 15) is 14.3 Å². The molecular weight excluding hydrogens is 309 g/mol. The number of nitrogens with zero attached hydrogens (tertiary/aromatic N) is 3. The molecule has 128 valence electrons. The number of aliphatic hydroxyl groups is 1. The summed E-state index contributed by atoms with van der Waals surface area (Å²) < 4.78 is 15.0. The average Bonchev–Trinajstić information content (AvgIpc) is 3.12. The van der Waals surface area contributed by atoms with Gasteiger partial charge in [-0.2, -0.15) is 5.10 Å². The normalized spacial score (nSPS) is 18.2. The minimum atomic E-state index is -0.952. The number of aromatic nitrogens is 2. The molecule has 1 aliphatic heterocycles. The zero-order valence-electron chi connectivity index (χ0n) is 14.2. The highest BCUT2D eigenvalue weighted by molar-refractivity contribution is 5.93. The maximum Gasteiger partial charge on any atom is 0.274 e. The van der Waals surface area contributed by atoms with E-state index in [4.69, 9.17) is 0 Å². The standard InChI is InChI=1S/C18H22FN3O2/c1-12-10-15(20-22(12)14-7-4-6-13(19)11-14)17(23)21-9-5-8-16(21)18(2,3)24/h4,6-7,10-11,16,24H,5,8-9H2,1-3H3. The van der Waals surface area contributed by atoms with Crippen LogP contribution < -0.4 is 0 Å². The lowest BCUT2D eigenvalue weighted by Gasteiger charge is -2.33. The molecule has 1 aromatic heterocycles. The fraction of sp³-hybridized carbons (Fsp3) is 0.444. The summed E-state index contributed by atoms with van der Waals surface area (Å²) in [5, 5.41) is 14.7. The summed E-state index contributed by atoms with van der Waals surface area (Å²) in [4.78, 5) is 14.5. The van der Waals surface area contributed by atoms with Crippen LogP contribution in [0.1, 0.15) is 42.9 Å². The highest BCUT2D eigenvalue weighted by atomic mass is 19.1. The van der Waals surface area contributed by atoms with Gasteiger partial charge in [0.25, 0.3) is 5.91 Å². The number of amides is 1. The summed E-state index contributed by atoms with van der Waals surface area (Å²) in [7, 11) is 0. The minimum absolute atomic E-state index is 0.196. The first-order chi connectivity index (χ1) is 11.3. The summed E-state index contributed by atoms with van der Waals surface area (Å²) in [6.07, 6.45) is 1.64. The van der Waals surface area contributed by atoms with Gasteiger partial charge in [-0.15, -0.1) is 0 Å². The fourth-order valence-corrected chi connectivity index (χ4v) is 3.34. The molecule has 24 heavy (non-hydrogen) atoms. The first-order valence-corrected chi connectivity index (χ1v) is 8.13. The van der Waals surface area contributed by atoms with Crippen molar-refractivity contribution in [2.24, 2.45) is 0 Å². The average molecular weight is 331 g/mol. The van der Waals surface area contributed by atoms with Crippen LogP contribution in [0.3, 0.4) is 0 Å². The first-order valence-electron chi connectivity index (χ1n) is 8.13. The maximum atomic E-state index is 13.4. The van der Waals surface area contributed by atoms with Crippen molar-refractivity contribution in [1.29, 1.82) is 0 Å². The van der Waals surface area contributed by atoms with Crippen molar-refractivity contribution in [3.8, 4) is 5.69 Å². The number of rotatable bonds is 3. The number of carbonyl (C=O) groups is 1. The molecule has 0 spiro atoms. The van der Waals surface area contributed by atoms with E-state index >= 15 is 0 Å². The van der Waals surface area contributed by atoms with Gasteiger partial charge in [-0.25, -0.2) is 9.07 Å². The Morgan fingerprint density at radius 1 is 1.38 bits per heavy atom. The van der Waals surface area contributed by atoms with Gasteiger partial charge in [0.05, 0.1) is 17.3 Å². The van der Waals surface area contributed by atoms with Crippen molar-refractivity contribution >= 4 is 5.91 Å². The molecule has 3 rings (SSSR count). The third-order valence-corrected chi connectivity index (χ3v) is 4.49. The molecular formula is C18H22FN3O2. The lowest BCUT2D eigenvalue weighted by Crippen LogP contribution is -2.48. The molecule has 1 amide bonds. The van der Waals surface area contributed by atoms with Crippen LogP contribution in [0.15, 0.2) is 30.3 Å². The van der Waals surface area contributed by atoms with Crippen molar-refractivity contribution in [1.82, 2.24) is 14.7 Å². The molecule has 0 bridgehead atoms. The number of hydrogen-bond donors (Lipinski definition) is 1. The van der Waals surface area contributed by atoms with E-state index in [1.807, 2.05) is 6.92 Å². The Labute approximate surface area is 140 Å². The minimum Gasteiger partial charge on any atom is -0.388 e. The van der Waals surface area contributed by atoms with Crippen LogP contribution in [0.5, 0.6) is 0 Å². The van der Waals surface area contributed by atoms with Crippen LogP contribution in [-0.2, 0) is 0 Å². The monoisotopic (exact) mass is 331 g/mol. The van der Waals surface area contributed by atoms with Crippen molar-refractivity contribution in [2.45, 2.75) is 45.3 Å². The molecule has 1 unspecified atom stereocenters. The number of hydrogen-bond acceptors (Lipinski definition) is 3. The molecule has 1 aliphatic rings. The second-order valence-corrected chi connectivity index (χ2v) is 6.87. The zero-order valence-corrected chi connectivity index (χ0v) is 14.2. The van der Waals surface area contributed by atoms with Crippen LogP contribution >= 0.6 is 0 Å². The molecule has 1 fully saturated rings. The fourth-order valence-electron chi connectivity index (χ4n) is 3.34. The van der Waals surface area contributed by atoms with E-state index in [1.165, 1.54) is 12.1 Å². The lowest BCUT2D eigenvalue weighted by molar-refractivity contribution is 0.000103. The quantitative estimate of drug-likeness (QED) is 0.941. The molecule has 0 saturated carbocycles. The van der Waals surface area contributed by atoms with Gasteiger partial charge in [0.2, 0.25) is 0 Å². The predicted octanol–water partition coefficient (Wildman–Crippen LogP) is 2.70. The third-order valence-electron chi connectivity index (χ3n) is 4.49. The second kappa shape index (κ2) is 6.02. The van der Waals surface area contributed by atoms with Crippen molar-refractivity contribution in [3.05, 3.63) is 47.5 Å². The molecule has 1 N–H and O–H groups in total. The third kappa shape index (κ3) is 3.06. The molecule has 6 heteroatoms. The van der Waals surface area contributed by atoms with Crippen molar-refractivity contribution < 1.29 is 14.3 Å². The van der Waals surface area contributed by atoms with Crippen LogP contribution in [0.2, 0.25) is 0 Å². The topological polar surface area (TPSA) is 58.4 Å². The molecule has 2 heterocycles. The molecule has 2 aromatic rings. The first kappa shape index (κ1) is 16.6. The lowest BCUT2D eigenvalue weighted by atomic mass is 9.96. The Hall–Kier alpha value is -2.21. The Morgan fingerprint density at radius 3 is 2.79 bits per heavy atom. The molecule has 5 nitrogen and oxygen atoms in total. The van der Waals surface area contributed by atoms with Crippen molar-refractivity contribution in [2.75, 3.05) is 6.54 Å². The van der Waals surface area contributed by atoms with E-state index in [-0.39, 0.29) is 17.8 Å². The van der Waals surface area contributed by atoms with E-state index in [2.05, 4.69) is 5.10 Å². The Bertz CT molecular complexity index is 764. The van der Waals surface area contributed by atoms with Gasteiger partial charge in [-0.1, -0.05) is 6.07 Å². The van der Waals surface area contributed by atoms with Crippen LogP contribution in [0, 0.1) is 12.7 Å². The predicted molar refractivity (Wildman–Crippen MR) is 88.6 cm³/mol. The summed E-state index contributed by atoms with van der Waals surface area (Å²) in [6.45, 7) is 5.88. The summed E-state index contributed by atoms with van der Waals surface area (Å²) in [5.74, 6) is -0.546. The highest BCUT2D eigenvalue weighted by Gasteiger charge is 2.39. The highest BCUT2D eigenvalue weighted by Crippen LogP contribution is 2.28. The van der Waals surface area contributed by atoms with Gasteiger partial charge < -0.3 is 10.0 Å². The van der Waals surface area contributed by atoms with Gasteiger partial charge in [0, 0.05) is 12.2 Å². The number of benzene rings is 1. The van der Waals surface area contributed by atoms with Gasteiger partial charge in [0.1, 0.15) is 5.82 Å². The van der Waals surface area contributed by atoms with Gasteiger partial charge in [-0.3, -0.25) is 4.79 Å². The number of halogens is 1. The number of aryl methyl sites for hydroxylation is 1. The number of carbonyl (C=O) groups excluding carboxylic acids is 1. The SMILES string of the molecule is Cc1cc(C(=O)N2CCCC2C(C)(C)O)nn1-c1cccc(F)c1. The number of likely N-dealkylation sites (tertiary alicyclic amines) is 1. The van der Waals surface area contributed by atoms with Crippen molar-refractivity contribution in [3.63, 3.8) is 0 Å². The van der Waals surface area contributed by atoms with Gasteiger partial charge in [-0.05, 0) is 57.9 Å². The zero-order chi connectivity index (χ0) is 17.5. The van der Waals surface area contributed by atoms with Gasteiger partial charge >= 0.3 is 0 Å². The van der Waals surface area contributed by atoms with Crippen LogP contribution in [-0.4, -0.2) is 43.9 Å². The van der Waals surface area contributed by atoms with Crippen LogP contribution in [0.25, 0.3) is 5.69 Å². The molecule has 1 saturated heterocycles. The Morgan fingerprint density at radius 2 is 2.12 bits per heavy atom. The molecule has 0 aliphatic carbocycles. The van der Waals surface area contributed by atoms with Crippen LogP contribution in [0.4, 0.5) is 4.39 Å². The Kier molecular flexibility index (Phi) is 4.17. The summed E-state index contributed by atoms with van der Waals surface area (Å²) >= 11 is 0. The smallest absolute Gasteiger partial charge is 0.274 e. The van der Waals surface area contributed by atoms with Gasteiger partial charge in [0.15, 0.2) is 5.69 Å². The Balaban J connectivity index is 1.91. The maximum absolute atomic E-state index is 13.4. The van der Waals surface area contributed by atoms with E-state index < -0.39 is 5.60 Å². The molecule has 1 atom stereocenters. The molecule has 1 aromatic carbocycles. The summed E-state index contributed by atoms with van der Waals surface area (Å²) in [5.41, 5.74) is 0.689. The van der Waals surface area contributed by atoms with E-state index in [0.717, 1.165) is 18.5 Å².